The topological polar surface area (TPSA) is 16.1 Å². The molecule has 0 spiro atoms. The van der Waals surface area contributed by atoms with Crippen molar-refractivity contribution in [3.05, 3.63) is 44.9 Å². The Kier molecular flexibility index (Phi) is 4.65. The Morgan fingerprint density at radius 1 is 1.44 bits per heavy atom. The van der Waals surface area contributed by atoms with Crippen LogP contribution in [0.25, 0.3) is 0 Å². The average Bonchev–Trinajstić information content (AvgIpc) is 2.74. The van der Waals surface area contributed by atoms with Crippen molar-refractivity contribution in [2.75, 3.05) is 11.9 Å². The number of halogens is 2. The molecule has 0 aliphatic rings. The first-order valence-corrected chi connectivity index (χ1v) is 7.95. The molecule has 0 aliphatic heterocycles. The second kappa shape index (κ2) is 6.04. The number of aromatic nitrogens is 1. The molecule has 0 amide bonds. The van der Waals surface area contributed by atoms with Crippen LogP contribution in [0.2, 0.25) is 5.02 Å². The molecule has 1 aromatic carbocycles. The standard InChI is InChI=1S/C13H14BrClN2S/c1-9-13(18-8-16-9)7-17(2)12-5-3-4-11(15)10(12)6-14/h3-5,8H,6-7H2,1-2H3. The van der Waals surface area contributed by atoms with E-state index in [-0.39, 0.29) is 0 Å². The van der Waals surface area contributed by atoms with Crippen molar-refractivity contribution < 1.29 is 0 Å². The van der Waals surface area contributed by atoms with Crippen LogP contribution in [0.15, 0.2) is 23.7 Å². The van der Waals surface area contributed by atoms with Crippen LogP contribution < -0.4 is 4.90 Å². The number of thiazole rings is 1. The van der Waals surface area contributed by atoms with Gasteiger partial charge in [0, 0.05) is 33.5 Å². The zero-order chi connectivity index (χ0) is 13.1. The van der Waals surface area contributed by atoms with Gasteiger partial charge in [-0.05, 0) is 19.1 Å². The third kappa shape index (κ3) is 2.87. The van der Waals surface area contributed by atoms with Crippen LogP contribution in [0, 0.1) is 6.92 Å². The molecular weight excluding hydrogens is 332 g/mol. The SMILES string of the molecule is Cc1ncsc1CN(C)c1cccc(Cl)c1CBr. The van der Waals surface area contributed by atoms with Crippen LogP contribution in [0.4, 0.5) is 5.69 Å². The van der Waals surface area contributed by atoms with Gasteiger partial charge in [0.2, 0.25) is 0 Å². The zero-order valence-corrected chi connectivity index (χ0v) is 13.4. The lowest BCUT2D eigenvalue weighted by Gasteiger charge is -2.22. The summed E-state index contributed by atoms with van der Waals surface area (Å²) in [6.45, 7) is 2.90. The average molecular weight is 346 g/mol. The first-order valence-electron chi connectivity index (χ1n) is 5.57. The minimum absolute atomic E-state index is 0.758. The van der Waals surface area contributed by atoms with E-state index >= 15 is 0 Å². The second-order valence-corrected chi connectivity index (χ2v) is 6.00. The smallest absolute Gasteiger partial charge is 0.0798 e. The van der Waals surface area contributed by atoms with Crippen molar-refractivity contribution in [2.24, 2.45) is 0 Å². The molecule has 1 heterocycles. The summed E-state index contributed by atoms with van der Waals surface area (Å²) in [5.41, 5.74) is 5.28. The minimum Gasteiger partial charge on any atom is -0.369 e. The van der Waals surface area contributed by atoms with Crippen LogP contribution >= 0.6 is 38.9 Å². The maximum Gasteiger partial charge on any atom is 0.0798 e. The molecule has 0 saturated carbocycles. The highest BCUT2D eigenvalue weighted by Gasteiger charge is 2.12. The Morgan fingerprint density at radius 3 is 2.83 bits per heavy atom. The van der Waals surface area contributed by atoms with Gasteiger partial charge in [-0.1, -0.05) is 33.6 Å². The molecule has 0 fully saturated rings. The molecule has 0 atom stereocenters. The lowest BCUT2D eigenvalue weighted by atomic mass is 10.2. The van der Waals surface area contributed by atoms with E-state index in [0.717, 1.165) is 33.8 Å². The molecule has 0 unspecified atom stereocenters. The monoisotopic (exact) mass is 344 g/mol. The fourth-order valence-electron chi connectivity index (χ4n) is 1.82. The molecule has 2 rings (SSSR count). The number of benzene rings is 1. The van der Waals surface area contributed by atoms with Gasteiger partial charge in [0.25, 0.3) is 0 Å². The summed E-state index contributed by atoms with van der Waals surface area (Å²) in [5, 5.41) is 1.56. The van der Waals surface area contributed by atoms with Crippen molar-refractivity contribution in [2.45, 2.75) is 18.8 Å². The van der Waals surface area contributed by atoms with Crippen LogP contribution in [-0.2, 0) is 11.9 Å². The molecule has 1 aromatic heterocycles. The molecule has 0 saturated heterocycles. The van der Waals surface area contributed by atoms with Gasteiger partial charge in [-0.15, -0.1) is 11.3 Å². The molecule has 0 radical (unpaired) electrons. The van der Waals surface area contributed by atoms with Crippen LogP contribution in [0.3, 0.4) is 0 Å². The number of hydrogen-bond acceptors (Lipinski definition) is 3. The van der Waals surface area contributed by atoms with E-state index in [4.69, 9.17) is 11.6 Å². The number of rotatable bonds is 4. The Morgan fingerprint density at radius 2 is 2.22 bits per heavy atom. The predicted molar refractivity (Wildman–Crippen MR) is 83.0 cm³/mol. The quantitative estimate of drug-likeness (QED) is 0.751. The molecule has 0 bridgehead atoms. The van der Waals surface area contributed by atoms with E-state index < -0.39 is 0 Å². The van der Waals surface area contributed by atoms with E-state index in [0.29, 0.717) is 0 Å². The van der Waals surface area contributed by atoms with E-state index in [1.165, 1.54) is 4.88 Å². The second-order valence-electron chi connectivity index (χ2n) is 4.09. The third-order valence-electron chi connectivity index (χ3n) is 2.86. The van der Waals surface area contributed by atoms with Crippen LogP contribution in [0.5, 0.6) is 0 Å². The Bertz CT molecular complexity index is 542. The number of anilines is 1. The van der Waals surface area contributed by atoms with Crippen LogP contribution in [0.1, 0.15) is 16.1 Å². The number of nitrogens with zero attached hydrogens (tertiary/aromatic N) is 2. The first-order chi connectivity index (χ1) is 8.63. The van der Waals surface area contributed by atoms with E-state index in [1.807, 2.05) is 24.6 Å². The van der Waals surface area contributed by atoms with Gasteiger partial charge >= 0.3 is 0 Å². The predicted octanol–water partition coefficient (Wildman–Crippen LogP) is 4.64. The van der Waals surface area contributed by atoms with Gasteiger partial charge in [0.1, 0.15) is 0 Å². The summed E-state index contributed by atoms with van der Waals surface area (Å²) < 4.78 is 0. The Balaban J connectivity index is 2.26. The van der Waals surface area contributed by atoms with Crippen molar-refractivity contribution in [3.63, 3.8) is 0 Å². The molecule has 5 heteroatoms. The lowest BCUT2D eigenvalue weighted by Crippen LogP contribution is -2.17. The highest BCUT2D eigenvalue weighted by molar-refractivity contribution is 9.08. The molecular formula is C13H14BrClN2S. The van der Waals surface area contributed by atoms with Crippen molar-refractivity contribution in [1.82, 2.24) is 4.98 Å². The van der Waals surface area contributed by atoms with Gasteiger partial charge in [-0.2, -0.15) is 0 Å². The Labute approximate surface area is 125 Å². The number of hydrogen-bond donors (Lipinski definition) is 0. The van der Waals surface area contributed by atoms with E-state index in [9.17, 15) is 0 Å². The summed E-state index contributed by atoms with van der Waals surface area (Å²) in [5.74, 6) is 0. The third-order valence-corrected chi connectivity index (χ3v) is 4.70. The highest BCUT2D eigenvalue weighted by Crippen LogP contribution is 2.30. The van der Waals surface area contributed by atoms with Crippen molar-refractivity contribution in [3.8, 4) is 0 Å². The normalized spacial score (nSPS) is 10.7. The van der Waals surface area contributed by atoms with Gasteiger partial charge in [0.15, 0.2) is 0 Å². The summed E-state index contributed by atoms with van der Waals surface area (Å²) in [4.78, 5) is 7.78. The van der Waals surface area contributed by atoms with Crippen molar-refractivity contribution >= 4 is 44.6 Å². The number of aryl methyl sites for hydroxylation is 1. The maximum atomic E-state index is 6.22. The van der Waals surface area contributed by atoms with Gasteiger partial charge in [-0.3, -0.25) is 0 Å². The fourth-order valence-corrected chi connectivity index (χ4v) is 3.63. The largest absolute Gasteiger partial charge is 0.369 e. The maximum absolute atomic E-state index is 6.22. The molecule has 18 heavy (non-hydrogen) atoms. The van der Waals surface area contributed by atoms with Gasteiger partial charge < -0.3 is 4.90 Å². The van der Waals surface area contributed by atoms with Gasteiger partial charge in [-0.25, -0.2) is 4.98 Å². The summed E-state index contributed by atoms with van der Waals surface area (Å²) >= 11 is 11.4. The number of alkyl halides is 1. The molecule has 2 aromatic rings. The minimum atomic E-state index is 0.758. The Hall–Kier alpha value is -0.580. The molecule has 0 N–H and O–H groups in total. The first kappa shape index (κ1) is 13.8. The summed E-state index contributed by atoms with van der Waals surface area (Å²) in [6, 6.07) is 6.01. The lowest BCUT2D eigenvalue weighted by molar-refractivity contribution is 0.920. The van der Waals surface area contributed by atoms with Crippen LogP contribution in [-0.4, -0.2) is 12.0 Å². The highest BCUT2D eigenvalue weighted by atomic mass is 79.9. The summed E-state index contributed by atoms with van der Waals surface area (Å²) in [7, 11) is 2.08. The fraction of sp³-hybridized carbons (Fsp3) is 0.308. The van der Waals surface area contributed by atoms with Gasteiger partial charge in [0.05, 0.1) is 17.7 Å². The van der Waals surface area contributed by atoms with E-state index in [1.54, 1.807) is 11.3 Å². The molecule has 96 valence electrons. The summed E-state index contributed by atoms with van der Waals surface area (Å²) in [6.07, 6.45) is 0. The zero-order valence-electron chi connectivity index (χ0n) is 10.3. The molecule has 2 nitrogen and oxygen atoms in total. The van der Waals surface area contributed by atoms with E-state index in [2.05, 4.69) is 38.9 Å². The molecule has 0 aliphatic carbocycles. The van der Waals surface area contributed by atoms with Crippen molar-refractivity contribution in [1.29, 1.82) is 0 Å².